The topological polar surface area (TPSA) is 46.2 Å². The molecule has 2 rings (SSSR count). The van der Waals surface area contributed by atoms with Gasteiger partial charge in [0.05, 0.1) is 5.75 Å². The summed E-state index contributed by atoms with van der Waals surface area (Å²) in [6.45, 7) is 1.91. The number of nitrogens with one attached hydrogen (secondary N) is 1. The molecule has 0 radical (unpaired) electrons. The minimum atomic E-state index is -2.85. The van der Waals surface area contributed by atoms with Gasteiger partial charge in [-0.3, -0.25) is 0 Å². The Balaban J connectivity index is 2.15. The van der Waals surface area contributed by atoms with Crippen LogP contribution in [0.2, 0.25) is 0 Å². The van der Waals surface area contributed by atoms with Gasteiger partial charge in [-0.15, -0.1) is 0 Å². The van der Waals surface area contributed by atoms with Crippen molar-refractivity contribution in [2.45, 2.75) is 19.3 Å². The Morgan fingerprint density at radius 3 is 2.54 bits per heavy atom. The summed E-state index contributed by atoms with van der Waals surface area (Å²) in [5.74, 6) is 0.639. The van der Waals surface area contributed by atoms with Gasteiger partial charge in [0.2, 0.25) is 0 Å². The zero-order valence-electron chi connectivity index (χ0n) is 7.62. The second kappa shape index (κ2) is 3.42. The summed E-state index contributed by atoms with van der Waals surface area (Å²) < 4.78 is 23.1. The number of piperidine rings is 1. The molecule has 0 unspecified atom stereocenters. The molecule has 0 aromatic carbocycles. The van der Waals surface area contributed by atoms with Crippen molar-refractivity contribution in [3.63, 3.8) is 0 Å². The van der Waals surface area contributed by atoms with E-state index in [0.717, 1.165) is 37.3 Å². The van der Waals surface area contributed by atoms with E-state index in [0.29, 0.717) is 11.7 Å². The predicted octanol–water partition coefficient (Wildman–Crippen LogP) is 0.688. The lowest BCUT2D eigenvalue weighted by Crippen LogP contribution is -2.29. The molecule has 0 aromatic rings. The largest absolute Gasteiger partial charge is 0.317 e. The lowest BCUT2D eigenvalue weighted by Gasteiger charge is -2.23. The molecule has 1 saturated heterocycles. The molecular formula is C9H15NO2S. The van der Waals surface area contributed by atoms with Crippen LogP contribution in [0.3, 0.4) is 0 Å². The molecule has 1 N–H and O–H groups in total. The van der Waals surface area contributed by atoms with Gasteiger partial charge in [-0.05, 0) is 38.3 Å². The maximum atomic E-state index is 11.6. The van der Waals surface area contributed by atoms with Crippen molar-refractivity contribution in [1.82, 2.24) is 5.32 Å². The molecule has 3 nitrogen and oxygen atoms in total. The maximum Gasteiger partial charge on any atom is 0.174 e. The molecule has 4 heteroatoms. The van der Waals surface area contributed by atoms with E-state index in [-0.39, 0.29) is 0 Å². The number of hydrogen-bond donors (Lipinski definition) is 1. The minimum absolute atomic E-state index is 0.300. The van der Waals surface area contributed by atoms with Gasteiger partial charge < -0.3 is 5.32 Å². The molecular weight excluding hydrogens is 186 g/mol. The molecule has 2 aliphatic heterocycles. The third-order valence-corrected chi connectivity index (χ3v) is 4.82. The molecule has 0 spiro atoms. The minimum Gasteiger partial charge on any atom is -0.317 e. The van der Waals surface area contributed by atoms with E-state index in [1.807, 2.05) is 6.08 Å². The van der Waals surface area contributed by atoms with E-state index in [9.17, 15) is 8.42 Å². The normalized spacial score (nSPS) is 28.8. The van der Waals surface area contributed by atoms with Crippen molar-refractivity contribution in [3.05, 3.63) is 11.0 Å². The molecule has 0 amide bonds. The van der Waals surface area contributed by atoms with E-state index in [2.05, 4.69) is 5.32 Å². The first-order chi connectivity index (χ1) is 6.20. The summed E-state index contributed by atoms with van der Waals surface area (Å²) in [5, 5.41) is 3.24. The van der Waals surface area contributed by atoms with Crippen LogP contribution in [0, 0.1) is 5.92 Å². The van der Waals surface area contributed by atoms with Gasteiger partial charge in [0.25, 0.3) is 0 Å². The SMILES string of the molecule is O=S1(=O)CCC=C1C1CCNCC1. The Morgan fingerprint density at radius 2 is 2.00 bits per heavy atom. The molecule has 13 heavy (non-hydrogen) atoms. The summed E-state index contributed by atoms with van der Waals surface area (Å²) >= 11 is 0. The molecule has 74 valence electrons. The zero-order valence-corrected chi connectivity index (χ0v) is 8.44. The fourth-order valence-electron chi connectivity index (χ4n) is 2.13. The summed E-state index contributed by atoms with van der Waals surface area (Å²) in [4.78, 5) is 0.731. The van der Waals surface area contributed by atoms with Crippen LogP contribution in [0.1, 0.15) is 19.3 Å². The quantitative estimate of drug-likeness (QED) is 0.679. The molecule has 1 fully saturated rings. The Bertz CT molecular complexity index is 313. The Labute approximate surface area is 79.1 Å². The van der Waals surface area contributed by atoms with Crippen molar-refractivity contribution >= 4 is 9.84 Å². The number of sulfone groups is 1. The first-order valence-electron chi connectivity index (χ1n) is 4.84. The molecule has 0 aromatic heterocycles. The first-order valence-corrected chi connectivity index (χ1v) is 6.49. The monoisotopic (exact) mass is 201 g/mol. The van der Waals surface area contributed by atoms with Crippen LogP contribution < -0.4 is 5.32 Å². The zero-order chi connectivity index (χ0) is 9.31. The van der Waals surface area contributed by atoms with Crippen LogP contribution in [0.25, 0.3) is 0 Å². The second-order valence-electron chi connectivity index (χ2n) is 3.74. The maximum absolute atomic E-state index is 11.6. The first kappa shape index (κ1) is 9.21. The Morgan fingerprint density at radius 1 is 1.31 bits per heavy atom. The van der Waals surface area contributed by atoms with Crippen LogP contribution >= 0.6 is 0 Å². The van der Waals surface area contributed by atoms with Crippen molar-refractivity contribution in [1.29, 1.82) is 0 Å². The number of allylic oxidation sites excluding steroid dienone is 2. The average Bonchev–Trinajstić information content (AvgIpc) is 2.47. The fraction of sp³-hybridized carbons (Fsp3) is 0.778. The van der Waals surface area contributed by atoms with E-state index in [1.54, 1.807) is 0 Å². The highest BCUT2D eigenvalue weighted by Crippen LogP contribution is 2.30. The fourth-order valence-corrected chi connectivity index (χ4v) is 3.91. The number of rotatable bonds is 1. The standard InChI is InChI=1S/C9H15NO2S/c11-13(12)7-1-2-9(13)8-3-5-10-6-4-8/h2,8,10H,1,3-7H2. The Hall–Kier alpha value is -0.350. The third-order valence-electron chi connectivity index (χ3n) is 2.83. The van der Waals surface area contributed by atoms with Crippen molar-refractivity contribution in [2.75, 3.05) is 18.8 Å². The second-order valence-corrected chi connectivity index (χ2v) is 5.85. The molecule has 0 atom stereocenters. The van der Waals surface area contributed by atoms with Crippen LogP contribution in [-0.4, -0.2) is 27.3 Å². The highest BCUT2D eigenvalue weighted by atomic mass is 32.2. The summed E-state index contributed by atoms with van der Waals surface area (Å²) in [7, 11) is -2.85. The Kier molecular flexibility index (Phi) is 2.43. The van der Waals surface area contributed by atoms with Crippen molar-refractivity contribution in [2.24, 2.45) is 5.92 Å². The van der Waals surface area contributed by atoms with Gasteiger partial charge in [0, 0.05) is 4.91 Å². The molecule has 0 bridgehead atoms. The van der Waals surface area contributed by atoms with Gasteiger partial charge in [-0.25, -0.2) is 8.42 Å². The molecule has 2 heterocycles. The average molecular weight is 201 g/mol. The molecule has 2 aliphatic rings. The lowest BCUT2D eigenvalue weighted by atomic mass is 9.97. The van der Waals surface area contributed by atoms with Crippen LogP contribution in [0.4, 0.5) is 0 Å². The highest BCUT2D eigenvalue weighted by Gasteiger charge is 2.30. The predicted molar refractivity (Wildman–Crippen MR) is 52.1 cm³/mol. The van der Waals surface area contributed by atoms with Gasteiger partial charge in [0.15, 0.2) is 9.84 Å². The summed E-state index contributed by atoms with van der Waals surface area (Å²) in [5.41, 5.74) is 0. The van der Waals surface area contributed by atoms with Gasteiger partial charge in [0.1, 0.15) is 0 Å². The van der Waals surface area contributed by atoms with Gasteiger partial charge in [-0.1, -0.05) is 6.08 Å². The third kappa shape index (κ3) is 1.79. The van der Waals surface area contributed by atoms with Gasteiger partial charge in [-0.2, -0.15) is 0 Å². The number of hydrogen-bond acceptors (Lipinski definition) is 3. The van der Waals surface area contributed by atoms with Crippen molar-refractivity contribution < 1.29 is 8.42 Å². The van der Waals surface area contributed by atoms with E-state index in [1.165, 1.54) is 0 Å². The molecule has 0 saturated carbocycles. The van der Waals surface area contributed by atoms with Crippen molar-refractivity contribution in [3.8, 4) is 0 Å². The van der Waals surface area contributed by atoms with E-state index in [4.69, 9.17) is 0 Å². The van der Waals surface area contributed by atoms with Crippen LogP contribution in [-0.2, 0) is 9.84 Å². The van der Waals surface area contributed by atoms with Gasteiger partial charge >= 0.3 is 0 Å². The highest BCUT2D eigenvalue weighted by molar-refractivity contribution is 7.95. The van der Waals surface area contributed by atoms with Crippen LogP contribution in [0.15, 0.2) is 11.0 Å². The van der Waals surface area contributed by atoms with Crippen LogP contribution in [0.5, 0.6) is 0 Å². The summed E-state index contributed by atoms with van der Waals surface area (Å²) in [6, 6.07) is 0. The smallest absolute Gasteiger partial charge is 0.174 e. The summed E-state index contributed by atoms with van der Waals surface area (Å²) in [6.07, 6.45) is 4.60. The molecule has 0 aliphatic carbocycles. The lowest BCUT2D eigenvalue weighted by molar-refractivity contribution is 0.428. The van der Waals surface area contributed by atoms with E-state index >= 15 is 0 Å². The van der Waals surface area contributed by atoms with E-state index < -0.39 is 9.84 Å².